The van der Waals surface area contributed by atoms with Crippen LogP contribution in [0.3, 0.4) is 0 Å². The van der Waals surface area contributed by atoms with Crippen LogP contribution in [0.25, 0.3) is 0 Å². The molecule has 0 aliphatic rings. The summed E-state index contributed by atoms with van der Waals surface area (Å²) in [5.41, 5.74) is 1.87. The fourth-order valence-electron chi connectivity index (χ4n) is 1.63. The quantitative estimate of drug-likeness (QED) is 0.876. The lowest BCUT2D eigenvalue weighted by Crippen LogP contribution is -2.28. The number of carbonyl (C=O) groups excluding carboxylic acids is 2. The third-order valence-corrected chi connectivity index (χ3v) is 2.99. The van der Waals surface area contributed by atoms with E-state index in [1.807, 2.05) is 47.6 Å². The molecular weight excluding hydrogens is 280 g/mol. The maximum Gasteiger partial charge on any atom is 0.250 e. The highest BCUT2D eigenvalue weighted by atomic mass is 16.5. The molecule has 5 nitrogen and oxygen atoms in total. The standard InChI is InChI=1S/C17H26N2O3/c1-11(2)22-10-15(20)18-13-7-8-14(12(3)9-13)19-16(21)17(4,5)6/h7-9,11H,10H2,1-6H3,(H,18,20)(H,19,21). The number of nitrogens with one attached hydrogen (secondary N) is 2. The van der Waals surface area contributed by atoms with E-state index in [0.717, 1.165) is 11.3 Å². The number of aryl methyl sites for hydroxylation is 1. The Balaban J connectivity index is 2.70. The summed E-state index contributed by atoms with van der Waals surface area (Å²) < 4.78 is 5.25. The third-order valence-electron chi connectivity index (χ3n) is 2.99. The lowest BCUT2D eigenvalue weighted by Gasteiger charge is -2.19. The van der Waals surface area contributed by atoms with E-state index in [-0.39, 0.29) is 24.5 Å². The van der Waals surface area contributed by atoms with Crippen LogP contribution >= 0.6 is 0 Å². The lowest BCUT2D eigenvalue weighted by molar-refractivity contribution is -0.123. The molecule has 0 heterocycles. The molecule has 0 aromatic heterocycles. The minimum absolute atomic E-state index is 0.0162. The van der Waals surface area contributed by atoms with Crippen molar-refractivity contribution in [1.82, 2.24) is 0 Å². The van der Waals surface area contributed by atoms with E-state index in [4.69, 9.17) is 4.74 Å². The predicted molar refractivity (Wildman–Crippen MR) is 89.0 cm³/mol. The number of carbonyl (C=O) groups is 2. The Labute approximate surface area is 132 Å². The Morgan fingerprint density at radius 2 is 1.82 bits per heavy atom. The van der Waals surface area contributed by atoms with Gasteiger partial charge in [0.05, 0.1) is 6.10 Å². The molecular formula is C17H26N2O3. The normalized spacial score (nSPS) is 11.4. The van der Waals surface area contributed by atoms with Gasteiger partial charge >= 0.3 is 0 Å². The number of benzene rings is 1. The molecule has 122 valence electrons. The summed E-state index contributed by atoms with van der Waals surface area (Å²) >= 11 is 0. The highest BCUT2D eigenvalue weighted by molar-refractivity contribution is 5.96. The Bertz CT molecular complexity index is 545. The fourth-order valence-corrected chi connectivity index (χ4v) is 1.63. The van der Waals surface area contributed by atoms with Gasteiger partial charge in [0, 0.05) is 16.8 Å². The summed E-state index contributed by atoms with van der Waals surface area (Å²) in [5, 5.41) is 5.67. The molecule has 1 aromatic carbocycles. The van der Waals surface area contributed by atoms with Crippen LogP contribution in [0.15, 0.2) is 18.2 Å². The summed E-state index contributed by atoms with van der Waals surface area (Å²) in [5.74, 6) is -0.239. The van der Waals surface area contributed by atoms with E-state index in [1.54, 1.807) is 12.1 Å². The van der Waals surface area contributed by atoms with E-state index in [0.29, 0.717) is 5.69 Å². The number of ether oxygens (including phenoxy) is 1. The molecule has 0 aliphatic heterocycles. The van der Waals surface area contributed by atoms with Crippen molar-refractivity contribution in [3.8, 4) is 0 Å². The van der Waals surface area contributed by atoms with Crippen LogP contribution in [0.1, 0.15) is 40.2 Å². The first-order valence-electron chi connectivity index (χ1n) is 7.43. The third kappa shape index (κ3) is 5.85. The largest absolute Gasteiger partial charge is 0.369 e. The van der Waals surface area contributed by atoms with Gasteiger partial charge < -0.3 is 15.4 Å². The maximum atomic E-state index is 12.0. The van der Waals surface area contributed by atoms with Gasteiger partial charge in [-0.15, -0.1) is 0 Å². The number of hydrogen-bond donors (Lipinski definition) is 2. The van der Waals surface area contributed by atoms with Gasteiger partial charge in [0.1, 0.15) is 6.61 Å². The summed E-state index contributed by atoms with van der Waals surface area (Å²) in [6, 6.07) is 5.38. The second-order valence-corrected chi connectivity index (χ2v) is 6.64. The van der Waals surface area contributed by atoms with Crippen molar-refractivity contribution in [2.24, 2.45) is 5.41 Å². The van der Waals surface area contributed by atoms with E-state index in [9.17, 15) is 9.59 Å². The Hall–Kier alpha value is -1.88. The molecule has 0 saturated heterocycles. The molecule has 0 bridgehead atoms. The van der Waals surface area contributed by atoms with Crippen molar-refractivity contribution in [3.05, 3.63) is 23.8 Å². The van der Waals surface area contributed by atoms with Crippen LogP contribution in [0.5, 0.6) is 0 Å². The molecule has 0 fully saturated rings. The Morgan fingerprint density at radius 3 is 2.32 bits per heavy atom. The smallest absolute Gasteiger partial charge is 0.250 e. The van der Waals surface area contributed by atoms with Gasteiger partial charge in [0.2, 0.25) is 11.8 Å². The second kappa shape index (κ2) is 7.40. The Kier molecular flexibility index (Phi) is 6.11. The van der Waals surface area contributed by atoms with Crippen LogP contribution in [-0.2, 0) is 14.3 Å². The van der Waals surface area contributed by atoms with E-state index in [1.165, 1.54) is 0 Å². The molecule has 1 aromatic rings. The van der Waals surface area contributed by atoms with Crippen LogP contribution in [0.2, 0.25) is 0 Å². The first kappa shape index (κ1) is 18.2. The molecule has 0 aliphatic carbocycles. The average molecular weight is 306 g/mol. The lowest BCUT2D eigenvalue weighted by atomic mass is 9.95. The second-order valence-electron chi connectivity index (χ2n) is 6.64. The van der Waals surface area contributed by atoms with E-state index in [2.05, 4.69) is 10.6 Å². The highest BCUT2D eigenvalue weighted by Crippen LogP contribution is 2.23. The number of hydrogen-bond acceptors (Lipinski definition) is 3. The van der Waals surface area contributed by atoms with Crippen molar-refractivity contribution >= 4 is 23.2 Å². The van der Waals surface area contributed by atoms with E-state index >= 15 is 0 Å². The van der Waals surface area contributed by atoms with Gasteiger partial charge in [-0.3, -0.25) is 9.59 Å². The van der Waals surface area contributed by atoms with Crippen LogP contribution in [0, 0.1) is 12.3 Å². The molecule has 2 N–H and O–H groups in total. The van der Waals surface area contributed by atoms with Gasteiger partial charge in [0.15, 0.2) is 0 Å². The van der Waals surface area contributed by atoms with Gasteiger partial charge in [-0.05, 0) is 44.5 Å². The van der Waals surface area contributed by atoms with Crippen LogP contribution in [0.4, 0.5) is 11.4 Å². The molecule has 5 heteroatoms. The summed E-state index contributed by atoms with van der Waals surface area (Å²) in [6.07, 6.45) is 0.0162. The molecule has 0 unspecified atom stereocenters. The first-order valence-corrected chi connectivity index (χ1v) is 7.43. The maximum absolute atomic E-state index is 12.0. The summed E-state index contributed by atoms with van der Waals surface area (Å²) in [7, 11) is 0. The van der Waals surface area contributed by atoms with Crippen molar-refractivity contribution in [2.75, 3.05) is 17.2 Å². The topological polar surface area (TPSA) is 67.4 Å². The molecule has 2 amide bonds. The van der Waals surface area contributed by atoms with Gasteiger partial charge in [-0.1, -0.05) is 20.8 Å². The van der Waals surface area contributed by atoms with Gasteiger partial charge in [-0.2, -0.15) is 0 Å². The zero-order chi connectivity index (χ0) is 16.9. The van der Waals surface area contributed by atoms with Crippen molar-refractivity contribution in [2.45, 2.75) is 47.6 Å². The molecule has 22 heavy (non-hydrogen) atoms. The Morgan fingerprint density at radius 1 is 1.18 bits per heavy atom. The molecule has 0 saturated carbocycles. The monoisotopic (exact) mass is 306 g/mol. The minimum Gasteiger partial charge on any atom is -0.369 e. The molecule has 0 atom stereocenters. The zero-order valence-corrected chi connectivity index (χ0v) is 14.2. The summed E-state index contributed by atoms with van der Waals surface area (Å²) in [4.78, 5) is 23.7. The van der Waals surface area contributed by atoms with Crippen LogP contribution < -0.4 is 10.6 Å². The highest BCUT2D eigenvalue weighted by Gasteiger charge is 2.21. The van der Waals surface area contributed by atoms with E-state index < -0.39 is 5.41 Å². The van der Waals surface area contributed by atoms with Crippen molar-refractivity contribution < 1.29 is 14.3 Å². The van der Waals surface area contributed by atoms with Crippen molar-refractivity contribution in [3.63, 3.8) is 0 Å². The minimum atomic E-state index is -0.451. The fraction of sp³-hybridized carbons (Fsp3) is 0.529. The van der Waals surface area contributed by atoms with Gasteiger partial charge in [-0.25, -0.2) is 0 Å². The first-order chi connectivity index (χ1) is 10.1. The average Bonchev–Trinajstić information content (AvgIpc) is 2.38. The molecule has 0 spiro atoms. The molecule has 0 radical (unpaired) electrons. The van der Waals surface area contributed by atoms with Gasteiger partial charge in [0.25, 0.3) is 0 Å². The number of rotatable bonds is 5. The van der Waals surface area contributed by atoms with Crippen LogP contribution in [-0.4, -0.2) is 24.5 Å². The van der Waals surface area contributed by atoms with Crippen molar-refractivity contribution in [1.29, 1.82) is 0 Å². The molecule has 1 rings (SSSR count). The SMILES string of the molecule is Cc1cc(NC(=O)COC(C)C)ccc1NC(=O)C(C)(C)C. The zero-order valence-electron chi connectivity index (χ0n) is 14.2. The number of anilines is 2. The summed E-state index contributed by atoms with van der Waals surface area (Å²) in [6.45, 7) is 11.3. The predicted octanol–water partition coefficient (Wildman–Crippen LogP) is 3.34. The number of amides is 2.